The highest BCUT2D eigenvalue weighted by Crippen LogP contribution is 2.27. The monoisotopic (exact) mass is 286 g/mol. The number of likely N-dealkylation sites (N-methyl/N-ethyl adjacent to an activating group) is 1. The molecule has 2 rings (SSSR count). The van der Waals surface area contributed by atoms with E-state index in [0.717, 1.165) is 18.6 Å². The van der Waals surface area contributed by atoms with Crippen LogP contribution in [-0.2, 0) is 15.6 Å². The Morgan fingerprint density at radius 3 is 2.56 bits per heavy atom. The van der Waals surface area contributed by atoms with Gasteiger partial charge in [-0.05, 0) is 20.2 Å². The van der Waals surface area contributed by atoms with Gasteiger partial charge in [0.2, 0.25) is 0 Å². The minimum atomic E-state index is -3.71. The second-order valence-electron chi connectivity index (χ2n) is 4.45. The third kappa shape index (κ3) is 2.68. The van der Waals surface area contributed by atoms with E-state index in [1.165, 1.54) is 0 Å². The average Bonchev–Trinajstić information content (AvgIpc) is 2.65. The van der Waals surface area contributed by atoms with E-state index in [1.54, 1.807) is 12.3 Å². The van der Waals surface area contributed by atoms with Gasteiger partial charge in [0.25, 0.3) is 9.05 Å². The van der Waals surface area contributed by atoms with Crippen LogP contribution < -0.4 is 0 Å². The lowest BCUT2D eigenvalue weighted by Crippen LogP contribution is -2.17. The highest BCUT2D eigenvalue weighted by molar-refractivity contribution is 8.14. The lowest BCUT2D eigenvalue weighted by atomic mass is 10.2. The molecule has 0 atom stereocenters. The summed E-state index contributed by atoms with van der Waals surface area (Å²) < 4.78 is 25.0. The zero-order chi connectivity index (χ0) is 13.3. The largest absolute Gasteiger partial charge is 0.345 e. The van der Waals surface area contributed by atoms with E-state index < -0.39 is 9.05 Å². The van der Waals surface area contributed by atoms with Gasteiger partial charge in [-0.1, -0.05) is 18.2 Å². The van der Waals surface area contributed by atoms with Crippen LogP contribution in [0.3, 0.4) is 0 Å². The molecule has 1 heterocycles. The van der Waals surface area contributed by atoms with E-state index in [-0.39, 0.29) is 4.90 Å². The van der Waals surface area contributed by atoms with Crippen molar-refractivity contribution in [3.05, 3.63) is 30.5 Å². The van der Waals surface area contributed by atoms with Gasteiger partial charge >= 0.3 is 0 Å². The summed E-state index contributed by atoms with van der Waals surface area (Å²) in [5.41, 5.74) is 0.888. The van der Waals surface area contributed by atoms with Crippen LogP contribution in [-0.4, -0.2) is 38.5 Å². The molecule has 2 aromatic rings. The molecule has 0 aliphatic heterocycles. The van der Waals surface area contributed by atoms with Gasteiger partial charge in [-0.3, -0.25) is 0 Å². The Morgan fingerprint density at radius 2 is 1.94 bits per heavy atom. The number of hydrogen-bond acceptors (Lipinski definition) is 3. The molecule has 0 amide bonds. The van der Waals surface area contributed by atoms with Gasteiger partial charge in [-0.25, -0.2) is 8.42 Å². The van der Waals surface area contributed by atoms with Crippen molar-refractivity contribution >= 4 is 30.6 Å². The van der Waals surface area contributed by atoms with Gasteiger partial charge < -0.3 is 9.47 Å². The molecule has 4 nitrogen and oxygen atoms in total. The summed E-state index contributed by atoms with van der Waals surface area (Å²) in [4.78, 5) is 2.22. The third-order valence-electron chi connectivity index (χ3n) is 2.80. The molecule has 18 heavy (non-hydrogen) atoms. The van der Waals surface area contributed by atoms with Gasteiger partial charge in [0.1, 0.15) is 4.90 Å². The number of rotatable bonds is 4. The van der Waals surface area contributed by atoms with E-state index in [2.05, 4.69) is 0 Å². The van der Waals surface area contributed by atoms with Crippen molar-refractivity contribution < 1.29 is 8.42 Å². The van der Waals surface area contributed by atoms with Crippen molar-refractivity contribution in [3.8, 4) is 0 Å². The Labute approximate surface area is 111 Å². The molecule has 0 spiro atoms. The number of hydrogen-bond donors (Lipinski definition) is 0. The predicted octanol–water partition coefficient (Wildman–Crippen LogP) is 2.13. The number of benzene rings is 1. The van der Waals surface area contributed by atoms with Crippen LogP contribution in [0.15, 0.2) is 35.4 Å². The molecule has 0 saturated heterocycles. The summed E-state index contributed by atoms with van der Waals surface area (Å²) in [6, 6.07) is 7.37. The molecule has 0 aliphatic rings. The first kappa shape index (κ1) is 13.4. The fourth-order valence-corrected chi connectivity index (χ4v) is 2.96. The van der Waals surface area contributed by atoms with Crippen LogP contribution >= 0.6 is 10.7 Å². The average molecular weight is 287 g/mol. The lowest BCUT2D eigenvalue weighted by Gasteiger charge is -2.10. The van der Waals surface area contributed by atoms with Crippen LogP contribution in [0.5, 0.6) is 0 Å². The number of nitrogens with zero attached hydrogens (tertiary/aromatic N) is 2. The number of aromatic nitrogens is 1. The topological polar surface area (TPSA) is 42.3 Å². The quantitative estimate of drug-likeness (QED) is 0.809. The molecule has 0 radical (unpaired) electrons. The number of fused-ring (bicyclic) bond motifs is 1. The molecular formula is C12H15ClN2O2S. The summed E-state index contributed by atoms with van der Waals surface area (Å²) in [6.07, 6.45) is 1.61. The Bertz CT molecular complexity index is 662. The fraction of sp³-hybridized carbons (Fsp3) is 0.333. The van der Waals surface area contributed by atoms with Crippen molar-refractivity contribution in [2.75, 3.05) is 20.6 Å². The van der Waals surface area contributed by atoms with E-state index in [0.29, 0.717) is 5.39 Å². The summed E-state index contributed by atoms with van der Waals surface area (Å²) in [7, 11) is 5.71. The van der Waals surface area contributed by atoms with Crippen molar-refractivity contribution in [3.63, 3.8) is 0 Å². The molecule has 0 bridgehead atoms. The van der Waals surface area contributed by atoms with E-state index >= 15 is 0 Å². The summed E-state index contributed by atoms with van der Waals surface area (Å²) >= 11 is 0. The van der Waals surface area contributed by atoms with Crippen LogP contribution in [0.1, 0.15) is 0 Å². The minimum Gasteiger partial charge on any atom is -0.345 e. The maximum Gasteiger partial charge on any atom is 0.263 e. The van der Waals surface area contributed by atoms with E-state index in [9.17, 15) is 8.42 Å². The maximum atomic E-state index is 11.5. The van der Waals surface area contributed by atoms with Gasteiger partial charge in [0, 0.05) is 40.9 Å². The molecule has 98 valence electrons. The lowest BCUT2D eigenvalue weighted by molar-refractivity contribution is 0.386. The standard InChI is InChI=1S/C12H15ClN2O2S/c1-14(2)7-8-15-9-12(18(13,16)17)10-5-3-4-6-11(10)15/h3-6,9H,7-8H2,1-2H3. The summed E-state index contributed by atoms with van der Waals surface area (Å²) in [5.74, 6) is 0. The molecule has 1 aromatic heterocycles. The minimum absolute atomic E-state index is 0.179. The Morgan fingerprint density at radius 1 is 1.28 bits per heavy atom. The first-order chi connectivity index (χ1) is 8.39. The Kier molecular flexibility index (Phi) is 3.66. The molecule has 0 fully saturated rings. The molecular weight excluding hydrogens is 272 g/mol. The Hall–Kier alpha value is -1.04. The second kappa shape index (κ2) is 4.91. The highest BCUT2D eigenvalue weighted by Gasteiger charge is 2.18. The van der Waals surface area contributed by atoms with Crippen LogP contribution in [0.2, 0.25) is 0 Å². The molecule has 0 unspecified atom stereocenters. The fourth-order valence-electron chi connectivity index (χ4n) is 1.90. The van der Waals surface area contributed by atoms with Crippen LogP contribution in [0.4, 0.5) is 0 Å². The number of halogens is 1. The SMILES string of the molecule is CN(C)CCn1cc(S(=O)(=O)Cl)c2ccccc21. The van der Waals surface area contributed by atoms with Gasteiger partial charge in [0.05, 0.1) is 0 Å². The van der Waals surface area contributed by atoms with Crippen LogP contribution in [0, 0.1) is 0 Å². The van der Waals surface area contributed by atoms with Gasteiger partial charge in [0.15, 0.2) is 0 Å². The van der Waals surface area contributed by atoms with E-state index in [4.69, 9.17) is 10.7 Å². The first-order valence-corrected chi connectivity index (χ1v) is 7.88. The zero-order valence-corrected chi connectivity index (χ0v) is 11.9. The van der Waals surface area contributed by atoms with Crippen molar-refractivity contribution in [2.24, 2.45) is 0 Å². The maximum absolute atomic E-state index is 11.5. The highest BCUT2D eigenvalue weighted by atomic mass is 35.7. The summed E-state index contributed by atoms with van der Waals surface area (Å²) in [6.45, 7) is 1.56. The molecule has 0 N–H and O–H groups in total. The van der Waals surface area contributed by atoms with Crippen molar-refractivity contribution in [1.82, 2.24) is 9.47 Å². The molecule has 0 saturated carbocycles. The van der Waals surface area contributed by atoms with Crippen LogP contribution in [0.25, 0.3) is 10.9 Å². The molecule has 1 aromatic carbocycles. The normalized spacial score (nSPS) is 12.4. The predicted molar refractivity (Wildman–Crippen MR) is 73.5 cm³/mol. The van der Waals surface area contributed by atoms with Gasteiger partial charge in [-0.15, -0.1) is 0 Å². The van der Waals surface area contributed by atoms with E-state index in [1.807, 2.05) is 41.8 Å². The summed E-state index contributed by atoms with van der Waals surface area (Å²) in [5, 5.41) is 0.672. The zero-order valence-electron chi connectivity index (χ0n) is 10.3. The smallest absolute Gasteiger partial charge is 0.263 e. The molecule has 6 heteroatoms. The Balaban J connectivity index is 2.55. The van der Waals surface area contributed by atoms with Gasteiger partial charge in [-0.2, -0.15) is 0 Å². The van der Waals surface area contributed by atoms with Crippen molar-refractivity contribution in [2.45, 2.75) is 11.4 Å². The first-order valence-electron chi connectivity index (χ1n) is 5.57. The van der Waals surface area contributed by atoms with Crippen molar-refractivity contribution in [1.29, 1.82) is 0 Å². The number of para-hydroxylation sites is 1. The second-order valence-corrected chi connectivity index (χ2v) is 6.98. The third-order valence-corrected chi connectivity index (χ3v) is 4.15. The molecule has 0 aliphatic carbocycles.